The van der Waals surface area contributed by atoms with Gasteiger partial charge in [-0.1, -0.05) is 41.9 Å². The van der Waals surface area contributed by atoms with E-state index in [1.54, 1.807) is 26.2 Å². The summed E-state index contributed by atoms with van der Waals surface area (Å²) in [5.41, 5.74) is 6.35. The van der Waals surface area contributed by atoms with Gasteiger partial charge in [-0.2, -0.15) is 15.2 Å². The van der Waals surface area contributed by atoms with Crippen molar-refractivity contribution in [2.45, 2.75) is 39.1 Å². The SMILES string of the molecule is CNC(O)c1ccccc1Nc1nc(Nc2ccc(N3CCN(CCOCCOCCOCCNC(=O)CN4CCC(Cn5ncc6cc(F)c(-c7cccc8c7c(C)nn8CC(=O)NCC(=O)NCC(=O)OC)cc65)CC4)CC3)cc2)ncc1Cl. The number of piperazine rings is 1. The lowest BCUT2D eigenvalue weighted by Gasteiger charge is -2.36. The Labute approximate surface area is 503 Å². The van der Waals surface area contributed by atoms with Gasteiger partial charge in [0.1, 0.15) is 30.2 Å². The third-order valence-electron chi connectivity index (χ3n) is 15.1. The molecule has 1 atom stereocenters. The highest BCUT2D eigenvalue weighted by Gasteiger charge is 2.25. The average molecular weight is 1200 g/mol. The van der Waals surface area contributed by atoms with E-state index in [0.29, 0.717) is 126 Å². The maximum atomic E-state index is 15.9. The lowest BCUT2D eigenvalue weighted by atomic mass is 9.96. The van der Waals surface area contributed by atoms with Crippen molar-refractivity contribution in [3.63, 3.8) is 0 Å². The third kappa shape index (κ3) is 17.2. The molecule has 26 heteroatoms. The molecule has 7 N–H and O–H groups in total. The summed E-state index contributed by atoms with van der Waals surface area (Å²) >= 11 is 6.44. The molecule has 0 spiro atoms. The second kappa shape index (κ2) is 31.0. The highest BCUT2D eigenvalue weighted by atomic mass is 35.5. The minimum absolute atomic E-state index is 0.0473. The van der Waals surface area contributed by atoms with Gasteiger partial charge in [0, 0.05) is 84.8 Å². The van der Waals surface area contributed by atoms with Crippen LogP contribution in [0.1, 0.15) is 30.3 Å². The van der Waals surface area contributed by atoms with Gasteiger partial charge in [0.25, 0.3) is 0 Å². The van der Waals surface area contributed by atoms with Crippen molar-refractivity contribution in [1.82, 2.24) is 60.6 Å². The quantitative estimate of drug-likeness (QED) is 0.0182. The zero-order chi connectivity index (χ0) is 60.4. The van der Waals surface area contributed by atoms with Crippen LogP contribution in [0.3, 0.4) is 0 Å². The first-order valence-corrected chi connectivity index (χ1v) is 29.2. The van der Waals surface area contributed by atoms with Crippen molar-refractivity contribution in [3.8, 4) is 11.1 Å². The number of hydrogen-bond acceptors (Lipinski definition) is 19. The number of rotatable bonds is 30. The van der Waals surface area contributed by atoms with Gasteiger partial charge in [-0.05, 0) is 99.9 Å². The number of benzene rings is 4. The molecule has 7 aromatic rings. The molecule has 86 heavy (non-hydrogen) atoms. The number of ether oxygens (including phenoxy) is 4. The standard InChI is InChI=1S/C60H75ClFN15O9/c1-40-57-45(8-6-10-51(57)77(72-40)39-55(80)65-35-53(78)66-36-56(81)83-3)47-32-52-42(31-49(47)62)33-68-76(52)37-41-15-18-74(19-16-41)38-54(79)64-17-25-84-27-29-86-30-28-85-26-24-73-20-22-75(23-21-73)44-13-11-43(12-14-44)69-60-67-34-48(61)58(71-60)70-50-9-5-4-7-46(50)59(82)63-2/h4-14,31-34,41,59,63,82H,15-30,35-39H2,1-3H3,(H,64,79)(H,65,80)(H,66,78)(H2,67,69,70,71). The number of fused-ring (bicyclic) bond motifs is 2. The summed E-state index contributed by atoms with van der Waals surface area (Å²) in [6, 6.07) is 24.3. The predicted molar refractivity (Wildman–Crippen MR) is 325 cm³/mol. The zero-order valence-corrected chi connectivity index (χ0v) is 49.4. The van der Waals surface area contributed by atoms with Crippen LogP contribution >= 0.6 is 11.6 Å². The summed E-state index contributed by atoms with van der Waals surface area (Å²) in [4.78, 5) is 64.9. The van der Waals surface area contributed by atoms with E-state index in [0.717, 1.165) is 75.5 Å². The van der Waals surface area contributed by atoms with Gasteiger partial charge in [-0.25, -0.2) is 9.37 Å². The number of piperidine rings is 1. The Hall–Kier alpha value is -7.88. The first-order valence-electron chi connectivity index (χ1n) is 28.8. The number of aliphatic hydroxyl groups is 1. The number of anilines is 5. The molecule has 0 saturated carbocycles. The number of aryl methyl sites for hydroxylation is 1. The minimum Gasteiger partial charge on any atom is -0.468 e. The number of nitrogens with zero attached hydrogens (tertiary/aromatic N) is 9. The van der Waals surface area contributed by atoms with Crippen LogP contribution in [0.25, 0.3) is 32.9 Å². The van der Waals surface area contributed by atoms with E-state index in [9.17, 15) is 24.3 Å². The Morgan fingerprint density at radius 2 is 1.47 bits per heavy atom. The van der Waals surface area contributed by atoms with Crippen molar-refractivity contribution in [1.29, 1.82) is 0 Å². The van der Waals surface area contributed by atoms with E-state index in [-0.39, 0.29) is 25.5 Å². The number of carbonyl (C=O) groups is 4. The molecule has 4 aromatic carbocycles. The van der Waals surface area contributed by atoms with Crippen molar-refractivity contribution in [3.05, 3.63) is 113 Å². The fourth-order valence-electron chi connectivity index (χ4n) is 10.5. The Morgan fingerprint density at radius 1 is 0.744 bits per heavy atom. The number of hydrogen-bond donors (Lipinski definition) is 7. The van der Waals surface area contributed by atoms with Crippen LogP contribution in [0.2, 0.25) is 5.02 Å². The first kappa shape index (κ1) is 62.6. The Bertz CT molecular complexity index is 3410. The van der Waals surface area contributed by atoms with Crippen molar-refractivity contribution >= 4 is 85.9 Å². The summed E-state index contributed by atoms with van der Waals surface area (Å²) in [6.45, 7) is 11.2. The van der Waals surface area contributed by atoms with Crippen LogP contribution in [0.4, 0.5) is 33.2 Å². The maximum absolute atomic E-state index is 15.9. The molecular weight excluding hydrogens is 1130 g/mol. The Morgan fingerprint density at radius 3 is 2.22 bits per heavy atom. The van der Waals surface area contributed by atoms with Gasteiger partial charge in [-0.15, -0.1) is 0 Å². The highest BCUT2D eigenvalue weighted by molar-refractivity contribution is 6.33. The molecule has 0 aliphatic carbocycles. The number of esters is 1. The lowest BCUT2D eigenvalue weighted by Crippen LogP contribution is -2.47. The van der Waals surface area contributed by atoms with Gasteiger partial charge < -0.3 is 55.5 Å². The summed E-state index contributed by atoms with van der Waals surface area (Å²) in [6.07, 6.45) is 4.12. The van der Waals surface area contributed by atoms with E-state index in [1.165, 1.54) is 24.1 Å². The molecule has 24 nitrogen and oxygen atoms in total. The van der Waals surface area contributed by atoms with E-state index < -0.39 is 29.8 Å². The predicted octanol–water partition coefficient (Wildman–Crippen LogP) is 4.75. The number of methoxy groups -OCH3 is 1. The fourth-order valence-corrected chi connectivity index (χ4v) is 10.6. The second-order valence-electron chi connectivity index (χ2n) is 21.0. The van der Waals surface area contributed by atoms with Crippen LogP contribution in [0.15, 0.2) is 91.3 Å². The topological polar surface area (TPSA) is 269 Å². The molecule has 0 bridgehead atoms. The van der Waals surface area contributed by atoms with Gasteiger partial charge in [0.15, 0.2) is 5.82 Å². The van der Waals surface area contributed by atoms with Crippen LogP contribution in [-0.2, 0) is 51.2 Å². The van der Waals surface area contributed by atoms with Gasteiger partial charge in [-0.3, -0.25) is 43.7 Å². The molecule has 2 fully saturated rings. The number of carbonyl (C=O) groups excluding carboxylic acids is 4. The number of amides is 3. The number of aliphatic hydroxyl groups excluding tert-OH is 1. The second-order valence-corrected chi connectivity index (χ2v) is 21.4. The molecule has 9 rings (SSSR count). The monoisotopic (exact) mass is 1200 g/mol. The number of nitrogens with one attached hydrogen (secondary N) is 6. The van der Waals surface area contributed by atoms with E-state index in [2.05, 4.69) is 83.6 Å². The lowest BCUT2D eigenvalue weighted by molar-refractivity contribution is -0.141. The molecule has 5 heterocycles. The molecule has 1 unspecified atom stereocenters. The number of halogens is 2. The Kier molecular flexibility index (Phi) is 22.6. The zero-order valence-electron chi connectivity index (χ0n) is 48.7. The van der Waals surface area contributed by atoms with Gasteiger partial charge in [0.05, 0.1) is 89.0 Å². The van der Waals surface area contributed by atoms with Gasteiger partial charge >= 0.3 is 5.97 Å². The highest BCUT2D eigenvalue weighted by Crippen LogP contribution is 2.36. The summed E-state index contributed by atoms with van der Waals surface area (Å²) in [5.74, 6) is -0.965. The van der Waals surface area contributed by atoms with Crippen LogP contribution < -0.4 is 36.8 Å². The first-order chi connectivity index (χ1) is 41.8. The maximum Gasteiger partial charge on any atom is 0.325 e. The molecule has 458 valence electrons. The fraction of sp³-hybridized carbons (Fsp3) is 0.433. The molecule has 3 amide bonds. The van der Waals surface area contributed by atoms with E-state index >= 15 is 4.39 Å². The molecule has 2 saturated heterocycles. The molecule has 0 radical (unpaired) electrons. The largest absolute Gasteiger partial charge is 0.468 e. The summed E-state index contributed by atoms with van der Waals surface area (Å²) < 4.78 is 41.1. The van der Waals surface area contributed by atoms with Crippen molar-refractivity contribution in [2.24, 2.45) is 5.92 Å². The van der Waals surface area contributed by atoms with Crippen molar-refractivity contribution in [2.75, 3.05) is 141 Å². The van der Waals surface area contributed by atoms with Crippen LogP contribution in [0, 0.1) is 18.7 Å². The molecular formula is C60H75ClFN15O9. The number of likely N-dealkylation sites (tertiary alicyclic amines) is 1. The number of para-hydroxylation sites is 1. The molecule has 3 aromatic heterocycles. The smallest absolute Gasteiger partial charge is 0.325 e. The molecule has 2 aliphatic heterocycles. The van der Waals surface area contributed by atoms with Crippen LogP contribution in [-0.4, -0.2) is 194 Å². The van der Waals surface area contributed by atoms with Crippen molar-refractivity contribution < 1.29 is 47.6 Å². The summed E-state index contributed by atoms with van der Waals surface area (Å²) in [5, 5.41) is 38.5. The van der Waals surface area contributed by atoms with E-state index in [1.807, 2.05) is 59.3 Å². The average Bonchev–Trinajstić information content (AvgIpc) is 1.94. The third-order valence-corrected chi connectivity index (χ3v) is 15.4. The normalized spacial score (nSPS) is 14.6. The van der Waals surface area contributed by atoms with Crippen LogP contribution in [0.5, 0.6) is 0 Å². The Balaban J connectivity index is 0.601. The van der Waals surface area contributed by atoms with Gasteiger partial charge in [0.2, 0.25) is 23.7 Å². The minimum atomic E-state index is -0.855. The molecule has 2 aliphatic rings. The number of aromatic nitrogens is 6. The summed E-state index contributed by atoms with van der Waals surface area (Å²) in [7, 11) is 2.89. The van der Waals surface area contributed by atoms with E-state index in [4.69, 9.17) is 25.8 Å².